The molecule has 0 aliphatic carbocycles. The molecule has 3 aliphatic heterocycles. The third-order valence-electron chi connectivity index (χ3n) is 6.48. The van der Waals surface area contributed by atoms with Crippen molar-refractivity contribution in [1.29, 1.82) is 0 Å². The summed E-state index contributed by atoms with van der Waals surface area (Å²) in [6.45, 7) is 6.48. The molecule has 0 radical (unpaired) electrons. The summed E-state index contributed by atoms with van der Waals surface area (Å²) in [7, 11) is -3.68. The van der Waals surface area contributed by atoms with Crippen LogP contribution in [0.4, 0.5) is 0 Å². The van der Waals surface area contributed by atoms with Gasteiger partial charge >= 0.3 is 0 Å². The van der Waals surface area contributed by atoms with E-state index < -0.39 is 10.0 Å². The van der Waals surface area contributed by atoms with Gasteiger partial charge in [-0.25, -0.2) is 8.42 Å². The summed E-state index contributed by atoms with van der Waals surface area (Å²) in [6.07, 6.45) is 2.33. The SMILES string of the molecule is Cc1noc(C)c1S(=O)(=O)N1CCC(C(=O)N2CCN(C(=O)C3CCCO3)CC2)CC1. The van der Waals surface area contributed by atoms with E-state index in [9.17, 15) is 18.0 Å². The third-order valence-corrected chi connectivity index (χ3v) is 8.62. The number of carbonyl (C=O) groups excluding carboxylic acids is 2. The van der Waals surface area contributed by atoms with Gasteiger partial charge in [0.15, 0.2) is 5.76 Å². The Labute approximate surface area is 182 Å². The van der Waals surface area contributed by atoms with Gasteiger partial charge in [0.05, 0.1) is 0 Å². The second kappa shape index (κ2) is 8.87. The molecular weight excluding hydrogens is 424 g/mol. The van der Waals surface area contributed by atoms with Crippen molar-refractivity contribution in [1.82, 2.24) is 19.3 Å². The lowest BCUT2D eigenvalue weighted by molar-refractivity contribution is -0.147. The van der Waals surface area contributed by atoms with Crippen LogP contribution in [0.5, 0.6) is 0 Å². The maximum absolute atomic E-state index is 13.0. The molecule has 4 heterocycles. The van der Waals surface area contributed by atoms with Crippen LogP contribution < -0.4 is 0 Å². The molecule has 1 unspecified atom stereocenters. The molecule has 10 nitrogen and oxygen atoms in total. The van der Waals surface area contributed by atoms with Crippen molar-refractivity contribution in [2.24, 2.45) is 5.92 Å². The van der Waals surface area contributed by atoms with Crippen LogP contribution in [-0.4, -0.2) is 91.5 Å². The fraction of sp³-hybridized carbons (Fsp3) is 0.750. The van der Waals surface area contributed by atoms with Crippen LogP contribution in [-0.2, 0) is 24.3 Å². The van der Waals surface area contributed by atoms with Crippen LogP contribution in [0, 0.1) is 19.8 Å². The summed E-state index contributed by atoms with van der Waals surface area (Å²) in [6, 6.07) is 0. The first kappa shape index (κ1) is 22.2. The van der Waals surface area contributed by atoms with E-state index in [1.165, 1.54) is 4.31 Å². The van der Waals surface area contributed by atoms with Crippen molar-refractivity contribution in [3.63, 3.8) is 0 Å². The smallest absolute Gasteiger partial charge is 0.251 e. The number of amides is 2. The minimum absolute atomic E-state index is 0.0300. The number of nitrogens with zero attached hydrogens (tertiary/aromatic N) is 4. The Bertz CT molecular complexity index is 904. The van der Waals surface area contributed by atoms with E-state index in [4.69, 9.17) is 9.26 Å². The zero-order valence-corrected chi connectivity index (χ0v) is 18.9. The van der Waals surface area contributed by atoms with E-state index in [0.29, 0.717) is 64.4 Å². The number of aryl methyl sites for hydroxylation is 2. The molecule has 172 valence electrons. The zero-order valence-electron chi connectivity index (χ0n) is 18.1. The summed E-state index contributed by atoms with van der Waals surface area (Å²) in [5.74, 6) is 0.170. The lowest BCUT2D eigenvalue weighted by atomic mass is 9.96. The van der Waals surface area contributed by atoms with Crippen molar-refractivity contribution in [3.8, 4) is 0 Å². The topological polar surface area (TPSA) is 113 Å². The molecule has 0 aromatic carbocycles. The summed E-state index contributed by atoms with van der Waals surface area (Å²) in [5, 5.41) is 3.75. The number of ether oxygens (including phenoxy) is 1. The molecule has 0 saturated carbocycles. The van der Waals surface area contributed by atoms with Crippen molar-refractivity contribution >= 4 is 21.8 Å². The monoisotopic (exact) mass is 454 g/mol. The zero-order chi connectivity index (χ0) is 22.2. The number of hydrogen-bond donors (Lipinski definition) is 0. The fourth-order valence-electron chi connectivity index (χ4n) is 4.70. The van der Waals surface area contributed by atoms with Crippen molar-refractivity contribution < 1.29 is 27.3 Å². The van der Waals surface area contributed by atoms with Gasteiger partial charge in [0, 0.05) is 51.8 Å². The molecule has 3 aliphatic rings. The molecule has 4 rings (SSSR count). The highest BCUT2D eigenvalue weighted by Crippen LogP contribution is 2.28. The average molecular weight is 455 g/mol. The second-order valence-electron chi connectivity index (χ2n) is 8.48. The van der Waals surface area contributed by atoms with Crippen LogP contribution in [0.2, 0.25) is 0 Å². The maximum Gasteiger partial charge on any atom is 0.251 e. The van der Waals surface area contributed by atoms with E-state index in [-0.39, 0.29) is 34.5 Å². The first-order valence-corrected chi connectivity index (χ1v) is 12.3. The Hall–Kier alpha value is -1.98. The number of sulfonamides is 1. The van der Waals surface area contributed by atoms with Crippen molar-refractivity contribution in [2.75, 3.05) is 45.9 Å². The summed E-state index contributed by atoms with van der Waals surface area (Å²) in [5.41, 5.74) is 0.353. The summed E-state index contributed by atoms with van der Waals surface area (Å²) in [4.78, 5) is 29.2. The second-order valence-corrected chi connectivity index (χ2v) is 10.4. The molecule has 11 heteroatoms. The number of hydrogen-bond acceptors (Lipinski definition) is 7. The molecule has 1 atom stereocenters. The molecule has 2 amide bonds. The van der Waals surface area contributed by atoms with Crippen LogP contribution in [0.3, 0.4) is 0 Å². The number of carbonyl (C=O) groups is 2. The quantitative estimate of drug-likeness (QED) is 0.652. The fourth-order valence-corrected chi connectivity index (χ4v) is 6.46. The molecular formula is C20H30N4O6S. The molecule has 3 fully saturated rings. The van der Waals surface area contributed by atoms with E-state index in [2.05, 4.69) is 5.16 Å². The largest absolute Gasteiger partial charge is 0.368 e. The van der Waals surface area contributed by atoms with Gasteiger partial charge in [-0.3, -0.25) is 9.59 Å². The van der Waals surface area contributed by atoms with Gasteiger partial charge in [0.2, 0.25) is 15.9 Å². The van der Waals surface area contributed by atoms with Gasteiger partial charge in [0.1, 0.15) is 16.7 Å². The highest BCUT2D eigenvalue weighted by molar-refractivity contribution is 7.89. The molecule has 0 spiro atoms. The van der Waals surface area contributed by atoms with Gasteiger partial charge in [-0.05, 0) is 39.5 Å². The molecule has 3 saturated heterocycles. The molecule has 0 bridgehead atoms. The van der Waals surface area contributed by atoms with E-state index >= 15 is 0 Å². The van der Waals surface area contributed by atoms with Crippen molar-refractivity contribution in [2.45, 2.75) is 50.5 Å². The van der Waals surface area contributed by atoms with Crippen LogP contribution >= 0.6 is 0 Å². The van der Waals surface area contributed by atoms with E-state index in [1.54, 1.807) is 18.7 Å². The average Bonchev–Trinajstić information content (AvgIpc) is 3.43. The highest BCUT2D eigenvalue weighted by atomic mass is 32.2. The summed E-state index contributed by atoms with van der Waals surface area (Å²) < 4.78 is 37.8. The number of rotatable bonds is 4. The highest BCUT2D eigenvalue weighted by Gasteiger charge is 2.38. The molecule has 1 aromatic rings. The lowest BCUT2D eigenvalue weighted by Gasteiger charge is -2.38. The van der Waals surface area contributed by atoms with Crippen LogP contribution in [0.15, 0.2) is 9.42 Å². The Morgan fingerprint density at radius 1 is 0.935 bits per heavy atom. The predicted octanol–water partition coefficient (Wildman–Crippen LogP) is 0.542. The van der Waals surface area contributed by atoms with Crippen LogP contribution in [0.25, 0.3) is 0 Å². The Kier molecular flexibility index (Phi) is 6.36. The van der Waals surface area contributed by atoms with Gasteiger partial charge in [0.25, 0.3) is 5.91 Å². The summed E-state index contributed by atoms with van der Waals surface area (Å²) >= 11 is 0. The van der Waals surface area contributed by atoms with Gasteiger partial charge in [-0.2, -0.15) is 4.31 Å². The molecule has 0 N–H and O–H groups in total. The van der Waals surface area contributed by atoms with Gasteiger partial charge in [-0.1, -0.05) is 5.16 Å². The number of piperidine rings is 1. The Morgan fingerprint density at radius 2 is 1.55 bits per heavy atom. The normalized spacial score (nSPS) is 24.0. The maximum atomic E-state index is 13.0. The number of piperazine rings is 1. The lowest BCUT2D eigenvalue weighted by Crippen LogP contribution is -2.54. The molecule has 1 aromatic heterocycles. The standard InChI is InChI=1S/C20H30N4O6S/c1-14-18(15(2)30-21-14)31(27,28)24-7-5-16(6-8-24)19(25)22-9-11-23(12-10-22)20(26)17-4-3-13-29-17/h16-17H,3-13H2,1-2H3. The van der Waals surface area contributed by atoms with Crippen LogP contribution in [0.1, 0.15) is 37.1 Å². The number of aromatic nitrogens is 1. The molecule has 31 heavy (non-hydrogen) atoms. The third kappa shape index (κ3) is 4.35. The van der Waals surface area contributed by atoms with Gasteiger partial charge < -0.3 is 19.1 Å². The Morgan fingerprint density at radius 3 is 2.06 bits per heavy atom. The minimum Gasteiger partial charge on any atom is -0.368 e. The van der Waals surface area contributed by atoms with Crippen molar-refractivity contribution in [3.05, 3.63) is 11.5 Å². The minimum atomic E-state index is -3.68. The first-order chi connectivity index (χ1) is 14.8. The van der Waals surface area contributed by atoms with E-state index in [0.717, 1.165) is 12.8 Å². The van der Waals surface area contributed by atoms with E-state index in [1.807, 2.05) is 4.90 Å². The Balaban J connectivity index is 1.29. The van der Waals surface area contributed by atoms with Gasteiger partial charge in [-0.15, -0.1) is 0 Å². The predicted molar refractivity (Wildman–Crippen MR) is 110 cm³/mol. The first-order valence-electron chi connectivity index (χ1n) is 10.9.